The fraction of sp³-hybridized carbons (Fsp3) is 0.222. The van der Waals surface area contributed by atoms with E-state index in [1.165, 1.54) is 6.92 Å². The molecule has 1 atom stereocenters. The van der Waals surface area contributed by atoms with Crippen LogP contribution in [0.1, 0.15) is 18.1 Å². The summed E-state index contributed by atoms with van der Waals surface area (Å²) in [6.45, 7) is 3.46. The number of carbonyl (C=O) groups excluding carboxylic acids is 2. The zero-order valence-corrected chi connectivity index (χ0v) is 13.8. The SMILES string of the molecule is Cc1ccccc1CC(=O)O[C@@H](C)C(=O)Nc1ccccc1Cl. The molecule has 1 N–H and O–H groups in total. The maximum atomic E-state index is 12.1. The summed E-state index contributed by atoms with van der Waals surface area (Å²) < 4.78 is 5.19. The first-order chi connectivity index (χ1) is 11.0. The van der Waals surface area contributed by atoms with Gasteiger partial charge in [0.05, 0.1) is 17.1 Å². The molecule has 1 amide bonds. The fourth-order valence-electron chi connectivity index (χ4n) is 2.05. The molecular formula is C18H18ClNO3. The monoisotopic (exact) mass is 331 g/mol. The van der Waals surface area contributed by atoms with Gasteiger partial charge in [-0.2, -0.15) is 0 Å². The Kier molecular flexibility index (Phi) is 5.77. The number of amides is 1. The first-order valence-electron chi connectivity index (χ1n) is 7.26. The Morgan fingerprint density at radius 2 is 1.78 bits per heavy atom. The van der Waals surface area contributed by atoms with Crippen LogP contribution in [0.4, 0.5) is 5.69 Å². The molecule has 0 spiro atoms. The number of benzene rings is 2. The molecule has 0 radical (unpaired) electrons. The van der Waals surface area contributed by atoms with Crippen molar-refractivity contribution >= 4 is 29.2 Å². The van der Waals surface area contributed by atoms with Crippen LogP contribution in [0.5, 0.6) is 0 Å². The van der Waals surface area contributed by atoms with E-state index in [2.05, 4.69) is 5.32 Å². The van der Waals surface area contributed by atoms with E-state index in [-0.39, 0.29) is 6.42 Å². The van der Waals surface area contributed by atoms with Crippen molar-refractivity contribution in [1.82, 2.24) is 0 Å². The summed E-state index contributed by atoms with van der Waals surface area (Å²) in [7, 11) is 0. The molecule has 0 saturated heterocycles. The molecule has 0 fully saturated rings. The Bertz CT molecular complexity index is 715. The summed E-state index contributed by atoms with van der Waals surface area (Å²) in [6.07, 6.45) is -0.765. The van der Waals surface area contributed by atoms with Crippen LogP contribution < -0.4 is 5.32 Å². The molecule has 0 aliphatic rings. The van der Waals surface area contributed by atoms with Gasteiger partial charge < -0.3 is 10.1 Å². The molecule has 0 unspecified atom stereocenters. The lowest BCUT2D eigenvalue weighted by Gasteiger charge is -2.14. The van der Waals surface area contributed by atoms with Crippen molar-refractivity contribution in [2.24, 2.45) is 0 Å². The molecule has 0 saturated carbocycles. The van der Waals surface area contributed by atoms with E-state index in [1.807, 2.05) is 31.2 Å². The summed E-state index contributed by atoms with van der Waals surface area (Å²) in [4.78, 5) is 24.0. The van der Waals surface area contributed by atoms with Gasteiger partial charge in [0.1, 0.15) is 0 Å². The van der Waals surface area contributed by atoms with Crippen LogP contribution in [0.2, 0.25) is 5.02 Å². The summed E-state index contributed by atoms with van der Waals surface area (Å²) in [5.74, 6) is -0.864. The maximum absolute atomic E-state index is 12.1. The first-order valence-corrected chi connectivity index (χ1v) is 7.64. The van der Waals surface area contributed by atoms with Crippen LogP contribution in [0.15, 0.2) is 48.5 Å². The topological polar surface area (TPSA) is 55.4 Å². The highest BCUT2D eigenvalue weighted by Gasteiger charge is 2.19. The van der Waals surface area contributed by atoms with Crippen molar-refractivity contribution in [3.05, 3.63) is 64.7 Å². The van der Waals surface area contributed by atoms with Crippen molar-refractivity contribution in [2.75, 3.05) is 5.32 Å². The quantitative estimate of drug-likeness (QED) is 0.849. The molecule has 23 heavy (non-hydrogen) atoms. The Morgan fingerprint density at radius 3 is 2.48 bits per heavy atom. The summed E-state index contributed by atoms with van der Waals surface area (Å²) >= 11 is 5.98. The highest BCUT2D eigenvalue weighted by molar-refractivity contribution is 6.33. The minimum absolute atomic E-state index is 0.135. The number of anilines is 1. The number of rotatable bonds is 5. The third-order valence-electron chi connectivity index (χ3n) is 3.41. The molecular weight excluding hydrogens is 314 g/mol. The number of carbonyl (C=O) groups is 2. The molecule has 5 heteroatoms. The second-order valence-electron chi connectivity index (χ2n) is 5.20. The highest BCUT2D eigenvalue weighted by atomic mass is 35.5. The third-order valence-corrected chi connectivity index (χ3v) is 3.73. The van der Waals surface area contributed by atoms with Crippen molar-refractivity contribution < 1.29 is 14.3 Å². The molecule has 2 aromatic rings. The molecule has 4 nitrogen and oxygen atoms in total. The van der Waals surface area contributed by atoms with Gasteiger partial charge in [-0.15, -0.1) is 0 Å². The lowest BCUT2D eigenvalue weighted by atomic mass is 10.1. The van der Waals surface area contributed by atoms with Crippen LogP contribution in [0, 0.1) is 6.92 Å². The van der Waals surface area contributed by atoms with E-state index in [4.69, 9.17) is 16.3 Å². The molecule has 0 bridgehead atoms. The van der Waals surface area contributed by atoms with Crippen molar-refractivity contribution in [1.29, 1.82) is 0 Å². The number of aryl methyl sites for hydroxylation is 1. The standard InChI is InChI=1S/C18H18ClNO3/c1-12-7-3-4-8-14(12)11-17(21)23-13(2)18(22)20-16-10-6-5-9-15(16)19/h3-10,13H,11H2,1-2H3,(H,20,22)/t13-/m0/s1. The molecule has 2 rings (SSSR count). The molecule has 2 aromatic carbocycles. The minimum Gasteiger partial charge on any atom is -0.452 e. The first kappa shape index (κ1) is 17.0. The van der Waals surface area contributed by atoms with Crippen LogP contribution in [0.3, 0.4) is 0 Å². The number of ether oxygens (including phenoxy) is 1. The van der Waals surface area contributed by atoms with Gasteiger partial charge in [0.2, 0.25) is 0 Å². The Labute approximate surface area is 140 Å². The van der Waals surface area contributed by atoms with Gasteiger partial charge >= 0.3 is 5.97 Å². The zero-order valence-electron chi connectivity index (χ0n) is 13.0. The molecule has 0 heterocycles. The maximum Gasteiger partial charge on any atom is 0.311 e. The van der Waals surface area contributed by atoms with Gasteiger partial charge in [0.25, 0.3) is 5.91 Å². The second-order valence-corrected chi connectivity index (χ2v) is 5.61. The predicted molar refractivity (Wildman–Crippen MR) is 90.5 cm³/mol. The average Bonchev–Trinajstić information content (AvgIpc) is 2.51. The summed E-state index contributed by atoms with van der Waals surface area (Å²) in [5, 5.41) is 3.07. The van der Waals surface area contributed by atoms with Crippen LogP contribution in [-0.4, -0.2) is 18.0 Å². The number of nitrogens with one attached hydrogen (secondary N) is 1. The van der Waals surface area contributed by atoms with Crippen LogP contribution >= 0.6 is 11.6 Å². The van der Waals surface area contributed by atoms with Crippen molar-refractivity contribution in [3.63, 3.8) is 0 Å². The largest absolute Gasteiger partial charge is 0.452 e. The highest BCUT2D eigenvalue weighted by Crippen LogP contribution is 2.20. The van der Waals surface area contributed by atoms with Gasteiger partial charge in [0, 0.05) is 0 Å². The van der Waals surface area contributed by atoms with E-state index in [0.717, 1.165) is 11.1 Å². The van der Waals surface area contributed by atoms with Gasteiger partial charge in [-0.25, -0.2) is 0 Å². The summed E-state index contributed by atoms with van der Waals surface area (Å²) in [5.41, 5.74) is 2.38. The van der Waals surface area contributed by atoms with E-state index in [9.17, 15) is 9.59 Å². The smallest absolute Gasteiger partial charge is 0.311 e. The number of hydrogen-bond acceptors (Lipinski definition) is 3. The van der Waals surface area contributed by atoms with Crippen LogP contribution in [0.25, 0.3) is 0 Å². The van der Waals surface area contributed by atoms with Gasteiger partial charge in [-0.1, -0.05) is 48.0 Å². The Balaban J connectivity index is 1.92. The lowest BCUT2D eigenvalue weighted by Crippen LogP contribution is -2.30. The third kappa shape index (κ3) is 4.83. The van der Waals surface area contributed by atoms with E-state index < -0.39 is 18.0 Å². The van der Waals surface area contributed by atoms with Crippen molar-refractivity contribution in [3.8, 4) is 0 Å². The molecule has 0 aromatic heterocycles. The van der Waals surface area contributed by atoms with Crippen LogP contribution in [-0.2, 0) is 20.7 Å². The van der Waals surface area contributed by atoms with Gasteiger partial charge in [-0.3, -0.25) is 9.59 Å². The van der Waals surface area contributed by atoms with E-state index in [0.29, 0.717) is 10.7 Å². The number of esters is 1. The molecule has 120 valence electrons. The average molecular weight is 332 g/mol. The Hall–Kier alpha value is -2.33. The van der Waals surface area contributed by atoms with Gasteiger partial charge in [-0.05, 0) is 37.1 Å². The second kappa shape index (κ2) is 7.79. The predicted octanol–water partition coefficient (Wildman–Crippen LogP) is 3.76. The fourth-order valence-corrected chi connectivity index (χ4v) is 2.24. The number of halogens is 1. The molecule has 0 aliphatic heterocycles. The Morgan fingerprint density at radius 1 is 1.13 bits per heavy atom. The number of para-hydroxylation sites is 1. The lowest BCUT2D eigenvalue weighted by molar-refractivity contribution is -0.152. The minimum atomic E-state index is -0.900. The zero-order chi connectivity index (χ0) is 16.8. The normalized spacial score (nSPS) is 11.6. The number of hydrogen-bond donors (Lipinski definition) is 1. The summed E-state index contributed by atoms with van der Waals surface area (Å²) in [6, 6.07) is 14.4. The van der Waals surface area contributed by atoms with E-state index >= 15 is 0 Å². The van der Waals surface area contributed by atoms with Crippen molar-refractivity contribution in [2.45, 2.75) is 26.4 Å². The molecule has 0 aliphatic carbocycles. The van der Waals surface area contributed by atoms with Gasteiger partial charge in [0.15, 0.2) is 6.10 Å². The van der Waals surface area contributed by atoms with E-state index in [1.54, 1.807) is 24.3 Å².